The number of hydrogen-bond donors (Lipinski definition) is 0. The molecule has 1 aliphatic rings. The molecular weight excluding hydrogens is 398 g/mol. The monoisotopic (exact) mass is 415 g/mol. The number of rotatable bonds is 3. The number of anilines is 1. The Hall–Kier alpha value is -2.16. The highest BCUT2D eigenvalue weighted by Crippen LogP contribution is 2.55. The van der Waals surface area contributed by atoms with Gasteiger partial charge in [-0.15, -0.1) is 0 Å². The van der Waals surface area contributed by atoms with E-state index in [4.69, 9.17) is 17.0 Å². The van der Waals surface area contributed by atoms with Crippen LogP contribution in [0.3, 0.4) is 0 Å². The maximum Gasteiger partial charge on any atom is 0.279 e. The summed E-state index contributed by atoms with van der Waals surface area (Å²) in [5.74, 6) is 0.452. The van der Waals surface area contributed by atoms with Crippen molar-refractivity contribution in [2.75, 3.05) is 11.5 Å². The van der Waals surface area contributed by atoms with Crippen LogP contribution in [-0.4, -0.2) is 22.5 Å². The van der Waals surface area contributed by atoms with Gasteiger partial charge in [0.2, 0.25) is 0 Å². The second-order valence-corrected chi connectivity index (χ2v) is 9.35. The van der Waals surface area contributed by atoms with Gasteiger partial charge in [-0.05, 0) is 26.8 Å². The summed E-state index contributed by atoms with van der Waals surface area (Å²) in [6, 6.07) is 5.82. The van der Waals surface area contributed by atoms with Crippen LogP contribution in [0.2, 0.25) is 0 Å². The number of aromatic nitrogens is 2. The Morgan fingerprint density at radius 3 is 2.81 bits per heavy atom. The normalized spacial score (nSPS) is 14.4. The third-order valence-corrected chi connectivity index (χ3v) is 7.85. The minimum absolute atomic E-state index is 0.212. The molecule has 0 fully saturated rings. The van der Waals surface area contributed by atoms with Crippen LogP contribution in [0, 0.1) is 3.82 Å². The second kappa shape index (κ2) is 6.78. The van der Waals surface area contributed by atoms with Crippen LogP contribution in [0.1, 0.15) is 36.1 Å². The van der Waals surface area contributed by atoms with E-state index in [9.17, 15) is 4.79 Å². The number of nitrogens with zero attached hydrogens (tertiary/aromatic N) is 3. The predicted molar refractivity (Wildman–Crippen MR) is 112 cm³/mol. The van der Waals surface area contributed by atoms with Crippen molar-refractivity contribution >= 4 is 44.5 Å². The lowest BCUT2D eigenvalue weighted by Gasteiger charge is -2.43. The second-order valence-electron chi connectivity index (χ2n) is 6.53. The first-order chi connectivity index (χ1) is 13.0. The molecule has 138 valence electrons. The van der Waals surface area contributed by atoms with E-state index in [1.807, 2.05) is 39.0 Å². The zero-order chi connectivity index (χ0) is 19.2. The van der Waals surface area contributed by atoms with E-state index in [2.05, 4.69) is 9.97 Å². The molecule has 3 heterocycles. The minimum atomic E-state index is -0.595. The maximum atomic E-state index is 13.5. The summed E-state index contributed by atoms with van der Waals surface area (Å²) in [5.41, 5.74) is 2.40. The average molecular weight is 416 g/mol. The Morgan fingerprint density at radius 1 is 1.30 bits per heavy atom. The van der Waals surface area contributed by atoms with Gasteiger partial charge in [0.1, 0.15) is 15.3 Å². The summed E-state index contributed by atoms with van der Waals surface area (Å²) in [5, 5.41) is 0. The zero-order valence-electron chi connectivity index (χ0n) is 15.1. The number of carbonyl (C=O) groups excluding carboxylic acids is 1. The molecule has 0 aliphatic carbocycles. The van der Waals surface area contributed by atoms with Gasteiger partial charge in [-0.1, -0.05) is 45.0 Å². The molecule has 1 amide bonds. The van der Waals surface area contributed by atoms with Gasteiger partial charge in [0, 0.05) is 23.5 Å². The van der Waals surface area contributed by atoms with Crippen LogP contribution < -0.4 is 9.64 Å². The fourth-order valence-corrected chi connectivity index (χ4v) is 6.66. The summed E-state index contributed by atoms with van der Waals surface area (Å²) in [6.07, 6.45) is 4.58. The number of amides is 1. The molecule has 0 saturated heterocycles. The van der Waals surface area contributed by atoms with Crippen LogP contribution in [0.5, 0.6) is 5.75 Å². The van der Waals surface area contributed by atoms with Gasteiger partial charge in [0.15, 0.2) is 0 Å². The number of ether oxygens (including phenoxy) is 1. The molecule has 2 aromatic heterocycles. The highest BCUT2D eigenvalue weighted by Gasteiger charge is 2.45. The lowest BCUT2D eigenvalue weighted by atomic mass is 9.87. The summed E-state index contributed by atoms with van der Waals surface area (Å²) < 4.78 is 6.73. The predicted octanol–water partition coefficient (Wildman–Crippen LogP) is 5.29. The van der Waals surface area contributed by atoms with Gasteiger partial charge in [0.25, 0.3) is 5.91 Å². The number of benzene rings is 1. The molecule has 0 saturated carbocycles. The van der Waals surface area contributed by atoms with E-state index in [1.54, 1.807) is 31.8 Å². The number of carbonyl (C=O) groups is 1. The third kappa shape index (κ3) is 2.79. The van der Waals surface area contributed by atoms with Gasteiger partial charge in [-0.3, -0.25) is 14.7 Å². The third-order valence-electron chi connectivity index (χ3n) is 4.52. The van der Waals surface area contributed by atoms with Crippen molar-refractivity contribution in [3.8, 4) is 16.9 Å². The van der Waals surface area contributed by atoms with E-state index >= 15 is 0 Å². The van der Waals surface area contributed by atoms with E-state index in [-0.39, 0.29) is 5.91 Å². The quantitative estimate of drug-likeness (QED) is 0.430. The van der Waals surface area contributed by atoms with E-state index in [1.165, 1.54) is 12.4 Å². The Labute approximate surface area is 169 Å². The molecule has 4 rings (SSSR count). The SMILES string of the molecule is CCOc1cccc2c1N(C(=O)c1cnccn1)C(C)(C)c1ssc(=S)c1-2. The average Bonchev–Trinajstić information content (AvgIpc) is 3.06. The van der Waals surface area contributed by atoms with Crippen LogP contribution >= 0.6 is 32.9 Å². The molecule has 8 heteroatoms. The van der Waals surface area contributed by atoms with Crippen LogP contribution in [0.25, 0.3) is 11.1 Å². The first-order valence-electron chi connectivity index (χ1n) is 8.47. The van der Waals surface area contributed by atoms with Crippen molar-refractivity contribution < 1.29 is 9.53 Å². The molecule has 0 spiro atoms. The summed E-state index contributed by atoms with van der Waals surface area (Å²) >= 11 is 5.62. The number of fused-ring (bicyclic) bond motifs is 3. The van der Waals surface area contributed by atoms with Crippen molar-refractivity contribution in [1.29, 1.82) is 0 Å². The number of para-hydroxylation sites is 1. The molecule has 5 nitrogen and oxygen atoms in total. The number of hydrogen-bond acceptors (Lipinski definition) is 7. The van der Waals surface area contributed by atoms with Gasteiger partial charge < -0.3 is 4.74 Å². The summed E-state index contributed by atoms with van der Waals surface area (Å²) in [7, 11) is 3.19. The highest BCUT2D eigenvalue weighted by molar-refractivity contribution is 7.80. The lowest BCUT2D eigenvalue weighted by molar-refractivity contribution is 0.0955. The topological polar surface area (TPSA) is 55.3 Å². The smallest absolute Gasteiger partial charge is 0.279 e. The lowest BCUT2D eigenvalue weighted by Crippen LogP contribution is -2.48. The fourth-order valence-electron chi connectivity index (χ4n) is 3.38. The molecular formula is C19H17N3O2S3. The molecule has 0 N–H and O–H groups in total. The van der Waals surface area contributed by atoms with Crippen LogP contribution in [-0.2, 0) is 5.54 Å². The molecule has 27 heavy (non-hydrogen) atoms. The molecule has 0 atom stereocenters. The Kier molecular flexibility index (Phi) is 4.57. The highest BCUT2D eigenvalue weighted by atomic mass is 32.9. The molecule has 1 aliphatic heterocycles. The van der Waals surface area contributed by atoms with Gasteiger partial charge >= 0.3 is 0 Å². The summed E-state index contributed by atoms with van der Waals surface area (Å²) in [6.45, 7) is 6.50. The zero-order valence-corrected chi connectivity index (χ0v) is 17.5. The van der Waals surface area contributed by atoms with Gasteiger partial charge in [0.05, 0.1) is 28.9 Å². The van der Waals surface area contributed by atoms with Crippen molar-refractivity contribution in [3.05, 3.63) is 51.2 Å². The maximum absolute atomic E-state index is 13.5. The van der Waals surface area contributed by atoms with Gasteiger partial charge in [-0.2, -0.15) is 0 Å². The van der Waals surface area contributed by atoms with Crippen molar-refractivity contribution in [3.63, 3.8) is 0 Å². The van der Waals surface area contributed by atoms with Crippen molar-refractivity contribution in [1.82, 2.24) is 9.97 Å². The van der Waals surface area contributed by atoms with Crippen molar-refractivity contribution in [2.45, 2.75) is 26.3 Å². The van der Waals surface area contributed by atoms with E-state index in [0.29, 0.717) is 18.1 Å². The standard InChI is InChI=1S/C19H17N3O2S3/c1-4-24-13-7-5-6-11-14-16(26-27-18(14)25)19(2,3)22(15(11)13)17(23)12-10-20-8-9-21-12/h5-10H,4H2,1-3H3. The molecule has 0 unspecified atom stereocenters. The van der Waals surface area contributed by atoms with Gasteiger partial charge in [-0.25, -0.2) is 4.98 Å². The first-order valence-corrected chi connectivity index (χ1v) is 11.0. The van der Waals surface area contributed by atoms with Crippen LogP contribution in [0.4, 0.5) is 5.69 Å². The van der Waals surface area contributed by atoms with E-state index in [0.717, 1.165) is 25.5 Å². The molecule has 3 aromatic rings. The van der Waals surface area contributed by atoms with E-state index < -0.39 is 5.54 Å². The Bertz CT molecular complexity index is 1070. The Balaban J connectivity index is 2.03. The Morgan fingerprint density at radius 2 is 2.11 bits per heavy atom. The molecule has 1 aromatic carbocycles. The van der Waals surface area contributed by atoms with Crippen LogP contribution in [0.15, 0.2) is 36.8 Å². The van der Waals surface area contributed by atoms with Crippen molar-refractivity contribution in [2.24, 2.45) is 0 Å². The fraction of sp³-hybridized carbons (Fsp3) is 0.263. The summed E-state index contributed by atoms with van der Waals surface area (Å²) in [4.78, 5) is 24.6. The minimum Gasteiger partial charge on any atom is -0.492 e. The molecule has 0 bridgehead atoms. The largest absolute Gasteiger partial charge is 0.492 e. The molecule has 0 radical (unpaired) electrons. The first kappa shape index (κ1) is 18.2.